The highest BCUT2D eigenvalue weighted by molar-refractivity contribution is 5.75. The van der Waals surface area contributed by atoms with Crippen molar-refractivity contribution in [3.05, 3.63) is 49.9 Å². The van der Waals surface area contributed by atoms with Crippen molar-refractivity contribution in [2.24, 2.45) is 0 Å². The highest BCUT2D eigenvalue weighted by atomic mass is 16.5. The Morgan fingerprint density at radius 3 is 2.65 bits per heavy atom. The van der Waals surface area contributed by atoms with Crippen LogP contribution in [0.5, 0.6) is 6.01 Å². The number of ether oxygens (including phenoxy) is 1. The third kappa shape index (κ3) is 3.40. The number of nitrogens with one attached hydrogen (secondary N) is 1. The Bertz CT molecular complexity index is 1070. The lowest BCUT2D eigenvalue weighted by atomic mass is 10.1. The number of rotatable bonds is 4. The molecule has 0 radical (unpaired) electrons. The molecule has 0 aliphatic carbocycles. The van der Waals surface area contributed by atoms with Crippen molar-refractivity contribution < 1.29 is 9.15 Å². The van der Waals surface area contributed by atoms with Crippen LogP contribution in [0.25, 0.3) is 11.1 Å². The molecule has 3 rings (SSSR count). The van der Waals surface area contributed by atoms with Crippen molar-refractivity contribution in [1.29, 1.82) is 0 Å². The number of aromatic nitrogens is 4. The number of aromatic amines is 1. The van der Waals surface area contributed by atoms with Crippen molar-refractivity contribution in [3.8, 4) is 6.01 Å². The molecule has 0 aromatic carbocycles. The third-order valence-electron chi connectivity index (χ3n) is 3.95. The van der Waals surface area contributed by atoms with E-state index in [0.717, 1.165) is 11.4 Å². The lowest BCUT2D eigenvalue weighted by molar-refractivity contribution is 0.248. The van der Waals surface area contributed by atoms with E-state index in [4.69, 9.17) is 9.15 Å². The van der Waals surface area contributed by atoms with E-state index in [1.54, 1.807) is 0 Å². The molecule has 138 valence electrons. The Balaban J connectivity index is 1.96. The van der Waals surface area contributed by atoms with Gasteiger partial charge in [0.05, 0.1) is 16.9 Å². The molecule has 1 N–H and O–H groups in total. The first-order valence-electron chi connectivity index (χ1n) is 8.45. The molecule has 3 heterocycles. The fourth-order valence-corrected chi connectivity index (χ4v) is 2.86. The Hall–Kier alpha value is -2.90. The van der Waals surface area contributed by atoms with Gasteiger partial charge in [-0.2, -0.15) is 10.1 Å². The summed E-state index contributed by atoms with van der Waals surface area (Å²) in [6, 6.07) is 3.22. The molecule has 8 nitrogen and oxygen atoms in total. The van der Waals surface area contributed by atoms with Crippen molar-refractivity contribution in [2.75, 3.05) is 0 Å². The molecule has 3 aromatic heterocycles. The highest BCUT2D eigenvalue weighted by Crippen LogP contribution is 2.19. The van der Waals surface area contributed by atoms with Crippen LogP contribution in [0.3, 0.4) is 0 Å². The minimum absolute atomic E-state index is 0.00165. The summed E-state index contributed by atoms with van der Waals surface area (Å²) >= 11 is 0. The number of hydrogen-bond donors (Lipinski definition) is 1. The molecule has 0 atom stereocenters. The van der Waals surface area contributed by atoms with Gasteiger partial charge in [-0.25, -0.2) is 4.79 Å². The predicted molar refractivity (Wildman–Crippen MR) is 96.6 cm³/mol. The van der Waals surface area contributed by atoms with Gasteiger partial charge in [0.15, 0.2) is 0 Å². The summed E-state index contributed by atoms with van der Waals surface area (Å²) in [7, 11) is 0. The second-order valence-electron chi connectivity index (χ2n) is 7.14. The van der Waals surface area contributed by atoms with Gasteiger partial charge in [-0.3, -0.25) is 14.5 Å². The van der Waals surface area contributed by atoms with Crippen molar-refractivity contribution in [3.63, 3.8) is 0 Å². The minimum atomic E-state index is -0.542. The average Bonchev–Trinajstić information content (AvgIpc) is 2.93. The van der Waals surface area contributed by atoms with E-state index in [-0.39, 0.29) is 29.3 Å². The fraction of sp³-hybridized carbons (Fsp3) is 0.444. The molecule has 3 aromatic rings. The molecule has 8 heteroatoms. The maximum absolute atomic E-state index is 12.4. The zero-order chi connectivity index (χ0) is 19.1. The van der Waals surface area contributed by atoms with E-state index in [1.165, 1.54) is 6.07 Å². The monoisotopic (exact) mass is 358 g/mol. The van der Waals surface area contributed by atoms with Crippen molar-refractivity contribution in [1.82, 2.24) is 19.7 Å². The molecule has 0 aliphatic heterocycles. The zero-order valence-corrected chi connectivity index (χ0v) is 15.5. The van der Waals surface area contributed by atoms with Gasteiger partial charge in [-0.05, 0) is 45.7 Å². The first kappa shape index (κ1) is 17.9. The Kier molecular flexibility index (Phi) is 4.43. The second kappa shape index (κ2) is 6.44. The summed E-state index contributed by atoms with van der Waals surface area (Å²) in [5.74, 6) is 0. The van der Waals surface area contributed by atoms with Crippen LogP contribution in [-0.2, 0) is 18.6 Å². The van der Waals surface area contributed by atoms with Gasteiger partial charge in [0.1, 0.15) is 12.0 Å². The summed E-state index contributed by atoms with van der Waals surface area (Å²) in [5.41, 5.74) is 1.15. The normalized spacial score (nSPS) is 11.9. The van der Waals surface area contributed by atoms with E-state index < -0.39 is 11.2 Å². The second-order valence-corrected chi connectivity index (χ2v) is 7.14. The molecule has 26 heavy (non-hydrogen) atoms. The van der Waals surface area contributed by atoms with E-state index in [0.29, 0.717) is 12.0 Å². The maximum Gasteiger partial charge on any atom is 0.337 e. The molecule has 0 fully saturated rings. The number of H-pyrrole nitrogens is 1. The first-order chi connectivity index (χ1) is 12.2. The molecular weight excluding hydrogens is 336 g/mol. The van der Waals surface area contributed by atoms with Gasteiger partial charge in [-0.15, -0.1) is 0 Å². The lowest BCUT2D eigenvalue weighted by Gasteiger charge is -2.22. The average molecular weight is 358 g/mol. The van der Waals surface area contributed by atoms with Gasteiger partial charge in [0.25, 0.3) is 11.6 Å². The fourth-order valence-electron chi connectivity index (χ4n) is 2.86. The summed E-state index contributed by atoms with van der Waals surface area (Å²) in [5, 5.41) is 4.75. The largest absolute Gasteiger partial charge is 0.458 e. The molecule has 0 saturated carbocycles. The van der Waals surface area contributed by atoms with Crippen LogP contribution in [0.4, 0.5) is 0 Å². The van der Waals surface area contributed by atoms with E-state index in [2.05, 4.69) is 15.1 Å². The van der Waals surface area contributed by atoms with Crippen molar-refractivity contribution in [2.45, 2.75) is 53.2 Å². The summed E-state index contributed by atoms with van der Waals surface area (Å²) in [6.07, 6.45) is 0.525. The van der Waals surface area contributed by atoms with E-state index in [1.807, 2.05) is 45.4 Å². The SMILES string of the molecule is CCc1cc(=O)oc2nc(OCc3cc(C)nn3C(C)(C)C)[nH]c(=O)c12. The van der Waals surface area contributed by atoms with Gasteiger partial charge in [0, 0.05) is 6.07 Å². The quantitative estimate of drug-likeness (QED) is 0.767. The lowest BCUT2D eigenvalue weighted by Crippen LogP contribution is -2.26. The van der Waals surface area contributed by atoms with Crippen LogP contribution >= 0.6 is 0 Å². The number of fused-ring (bicyclic) bond motifs is 1. The van der Waals surface area contributed by atoms with Crippen LogP contribution in [0, 0.1) is 6.92 Å². The van der Waals surface area contributed by atoms with Crippen LogP contribution in [0.1, 0.15) is 44.6 Å². The summed E-state index contributed by atoms with van der Waals surface area (Å²) < 4.78 is 12.6. The summed E-state index contributed by atoms with van der Waals surface area (Å²) in [4.78, 5) is 30.8. The minimum Gasteiger partial charge on any atom is -0.458 e. The third-order valence-corrected chi connectivity index (χ3v) is 3.95. The molecule has 0 saturated heterocycles. The van der Waals surface area contributed by atoms with Crippen molar-refractivity contribution >= 4 is 11.1 Å². The topological polar surface area (TPSA) is 103 Å². The number of nitrogens with zero attached hydrogens (tertiary/aromatic N) is 3. The smallest absolute Gasteiger partial charge is 0.337 e. The highest BCUT2D eigenvalue weighted by Gasteiger charge is 2.19. The molecule has 0 aliphatic rings. The standard InChI is InChI=1S/C18H22N4O4/c1-6-11-8-13(23)26-16-14(11)15(24)19-17(20-16)25-9-12-7-10(2)21-22(12)18(3,4)5/h7-8H,6,9H2,1-5H3,(H,19,20,24). The first-order valence-corrected chi connectivity index (χ1v) is 8.45. The van der Waals surface area contributed by atoms with E-state index in [9.17, 15) is 9.59 Å². The Morgan fingerprint density at radius 2 is 2.00 bits per heavy atom. The number of hydrogen-bond acceptors (Lipinski definition) is 6. The van der Waals surface area contributed by atoms with Gasteiger partial charge in [0.2, 0.25) is 5.71 Å². The molecule has 0 amide bonds. The maximum atomic E-state index is 12.4. The Labute approximate surface area is 149 Å². The Morgan fingerprint density at radius 1 is 1.27 bits per heavy atom. The van der Waals surface area contributed by atoms with Crippen LogP contribution < -0.4 is 15.9 Å². The van der Waals surface area contributed by atoms with Gasteiger partial charge >= 0.3 is 5.63 Å². The van der Waals surface area contributed by atoms with Gasteiger partial charge in [-0.1, -0.05) is 6.92 Å². The van der Waals surface area contributed by atoms with Crippen LogP contribution in [-0.4, -0.2) is 19.7 Å². The number of aryl methyl sites for hydroxylation is 2. The molecule has 0 unspecified atom stereocenters. The van der Waals surface area contributed by atoms with Crippen LogP contribution in [0.2, 0.25) is 0 Å². The van der Waals surface area contributed by atoms with Crippen LogP contribution in [0.15, 0.2) is 26.1 Å². The van der Waals surface area contributed by atoms with Gasteiger partial charge < -0.3 is 9.15 Å². The zero-order valence-electron chi connectivity index (χ0n) is 15.5. The summed E-state index contributed by atoms with van der Waals surface area (Å²) in [6.45, 7) is 10.1. The molecule has 0 spiro atoms. The molecular formula is C18H22N4O4. The predicted octanol–water partition coefficient (Wildman–Crippen LogP) is 2.28. The molecule has 0 bridgehead atoms. The van der Waals surface area contributed by atoms with E-state index >= 15 is 0 Å².